The van der Waals surface area contributed by atoms with Crippen molar-refractivity contribution in [2.75, 3.05) is 19.5 Å². The standard InChI is InChI=1S/C16H14ClN3O2.ClH/c1-21-14-7-12-13(8-15(14)22-2)18-9-19-16(12)20-11-5-3-4-10(17)6-11;/h3-9H,1-2H3,(H,18,19,20);1H. The van der Waals surface area contributed by atoms with Crippen molar-refractivity contribution >= 4 is 46.4 Å². The summed E-state index contributed by atoms with van der Waals surface area (Å²) in [5.41, 5.74) is 1.61. The second-order valence-corrected chi connectivity index (χ2v) is 5.02. The highest BCUT2D eigenvalue weighted by Gasteiger charge is 2.11. The number of halogens is 2. The maximum Gasteiger partial charge on any atom is 0.162 e. The van der Waals surface area contributed by atoms with Gasteiger partial charge in [0.05, 0.1) is 19.7 Å². The summed E-state index contributed by atoms with van der Waals surface area (Å²) in [6.07, 6.45) is 1.50. The molecule has 0 saturated carbocycles. The van der Waals surface area contributed by atoms with E-state index in [9.17, 15) is 0 Å². The molecule has 23 heavy (non-hydrogen) atoms. The van der Waals surface area contributed by atoms with Crippen LogP contribution in [0.5, 0.6) is 11.5 Å². The Morgan fingerprint density at radius 3 is 2.43 bits per heavy atom. The third-order valence-electron chi connectivity index (χ3n) is 3.23. The Morgan fingerprint density at radius 1 is 1.00 bits per heavy atom. The van der Waals surface area contributed by atoms with Crippen LogP contribution in [0.25, 0.3) is 10.9 Å². The number of hydrogen-bond donors (Lipinski definition) is 1. The van der Waals surface area contributed by atoms with Gasteiger partial charge in [-0.1, -0.05) is 17.7 Å². The van der Waals surface area contributed by atoms with Crippen LogP contribution in [0.4, 0.5) is 11.5 Å². The van der Waals surface area contributed by atoms with Gasteiger partial charge < -0.3 is 14.8 Å². The molecule has 3 rings (SSSR count). The Morgan fingerprint density at radius 2 is 1.74 bits per heavy atom. The summed E-state index contributed by atoms with van der Waals surface area (Å²) in [6.45, 7) is 0. The predicted molar refractivity (Wildman–Crippen MR) is 94.6 cm³/mol. The van der Waals surface area contributed by atoms with E-state index in [-0.39, 0.29) is 12.4 Å². The second-order valence-electron chi connectivity index (χ2n) is 4.58. The van der Waals surface area contributed by atoms with Gasteiger partial charge >= 0.3 is 0 Å². The van der Waals surface area contributed by atoms with Crippen LogP contribution in [0.3, 0.4) is 0 Å². The fourth-order valence-electron chi connectivity index (χ4n) is 2.19. The highest BCUT2D eigenvalue weighted by molar-refractivity contribution is 6.30. The lowest BCUT2D eigenvalue weighted by molar-refractivity contribution is 0.356. The molecule has 1 aromatic heterocycles. The summed E-state index contributed by atoms with van der Waals surface area (Å²) in [5.74, 6) is 1.93. The molecular formula is C16H15Cl2N3O2. The number of benzene rings is 2. The zero-order valence-electron chi connectivity index (χ0n) is 12.5. The molecule has 0 saturated heterocycles. The smallest absolute Gasteiger partial charge is 0.162 e. The molecule has 0 radical (unpaired) electrons. The van der Waals surface area contributed by atoms with Crippen molar-refractivity contribution in [2.24, 2.45) is 0 Å². The van der Waals surface area contributed by atoms with Gasteiger partial charge in [-0.2, -0.15) is 0 Å². The molecule has 0 spiro atoms. The van der Waals surface area contributed by atoms with Crippen molar-refractivity contribution in [1.29, 1.82) is 0 Å². The van der Waals surface area contributed by atoms with Crippen molar-refractivity contribution in [3.05, 3.63) is 47.7 Å². The van der Waals surface area contributed by atoms with Crippen LogP contribution < -0.4 is 14.8 Å². The van der Waals surface area contributed by atoms with Crippen molar-refractivity contribution in [2.45, 2.75) is 0 Å². The van der Waals surface area contributed by atoms with Gasteiger partial charge in [-0.3, -0.25) is 0 Å². The monoisotopic (exact) mass is 351 g/mol. The van der Waals surface area contributed by atoms with Crippen molar-refractivity contribution in [3.63, 3.8) is 0 Å². The number of rotatable bonds is 4. The molecule has 0 atom stereocenters. The molecule has 0 aliphatic rings. The Kier molecular flexibility index (Phi) is 5.47. The van der Waals surface area contributed by atoms with E-state index in [0.717, 1.165) is 16.6 Å². The van der Waals surface area contributed by atoms with Crippen LogP contribution in [0.15, 0.2) is 42.7 Å². The number of methoxy groups -OCH3 is 2. The molecule has 1 N–H and O–H groups in total. The number of nitrogens with zero attached hydrogens (tertiary/aromatic N) is 2. The maximum atomic E-state index is 6.01. The van der Waals surface area contributed by atoms with Gasteiger partial charge in [0.1, 0.15) is 12.1 Å². The van der Waals surface area contributed by atoms with E-state index in [1.807, 2.05) is 36.4 Å². The first kappa shape index (κ1) is 17.1. The zero-order valence-corrected chi connectivity index (χ0v) is 14.1. The van der Waals surface area contributed by atoms with Gasteiger partial charge in [-0.15, -0.1) is 12.4 Å². The van der Waals surface area contributed by atoms with Crippen LogP contribution in [0.2, 0.25) is 5.02 Å². The third-order valence-corrected chi connectivity index (χ3v) is 3.46. The molecule has 7 heteroatoms. The van der Waals surface area contributed by atoms with Crippen LogP contribution >= 0.6 is 24.0 Å². The summed E-state index contributed by atoms with van der Waals surface area (Å²) in [5, 5.41) is 4.73. The van der Waals surface area contributed by atoms with Gasteiger partial charge in [-0.05, 0) is 24.3 Å². The molecule has 0 aliphatic carbocycles. The van der Waals surface area contributed by atoms with E-state index in [0.29, 0.717) is 22.3 Å². The number of ether oxygens (including phenoxy) is 2. The molecule has 3 aromatic rings. The number of nitrogens with one attached hydrogen (secondary N) is 1. The van der Waals surface area contributed by atoms with Crippen LogP contribution in [0, 0.1) is 0 Å². The minimum Gasteiger partial charge on any atom is -0.493 e. The van der Waals surface area contributed by atoms with Gasteiger partial charge in [0.2, 0.25) is 0 Å². The number of fused-ring (bicyclic) bond motifs is 1. The van der Waals surface area contributed by atoms with Crippen LogP contribution in [0.1, 0.15) is 0 Å². The van der Waals surface area contributed by atoms with E-state index >= 15 is 0 Å². The largest absolute Gasteiger partial charge is 0.493 e. The molecule has 2 aromatic carbocycles. The number of anilines is 2. The highest BCUT2D eigenvalue weighted by atomic mass is 35.5. The molecule has 0 amide bonds. The Bertz CT molecular complexity index is 828. The maximum absolute atomic E-state index is 6.01. The summed E-state index contributed by atoms with van der Waals surface area (Å²) in [4.78, 5) is 8.57. The molecule has 0 unspecified atom stereocenters. The topological polar surface area (TPSA) is 56.3 Å². The quantitative estimate of drug-likeness (QED) is 0.751. The highest BCUT2D eigenvalue weighted by Crippen LogP contribution is 2.34. The van der Waals surface area contributed by atoms with Crippen molar-refractivity contribution < 1.29 is 9.47 Å². The first-order valence-corrected chi connectivity index (χ1v) is 6.98. The SMILES string of the molecule is COc1cc2ncnc(Nc3cccc(Cl)c3)c2cc1OC.Cl. The third kappa shape index (κ3) is 3.57. The fraction of sp³-hybridized carbons (Fsp3) is 0.125. The van der Waals surface area contributed by atoms with Crippen molar-refractivity contribution in [1.82, 2.24) is 9.97 Å². The van der Waals surface area contributed by atoms with Crippen LogP contribution in [-0.2, 0) is 0 Å². The molecular weight excluding hydrogens is 337 g/mol. The van der Waals surface area contributed by atoms with E-state index in [2.05, 4.69) is 15.3 Å². The van der Waals surface area contributed by atoms with E-state index < -0.39 is 0 Å². The molecule has 0 aliphatic heterocycles. The molecule has 5 nitrogen and oxygen atoms in total. The minimum atomic E-state index is 0. The lowest BCUT2D eigenvalue weighted by Crippen LogP contribution is -1.97. The lowest BCUT2D eigenvalue weighted by Gasteiger charge is -2.12. The Hall–Kier alpha value is -2.24. The summed E-state index contributed by atoms with van der Waals surface area (Å²) in [6, 6.07) is 11.1. The molecule has 120 valence electrons. The van der Waals surface area contributed by atoms with Gasteiger partial charge in [-0.25, -0.2) is 9.97 Å². The second kappa shape index (κ2) is 7.35. The van der Waals surface area contributed by atoms with E-state index in [1.165, 1.54) is 6.33 Å². The minimum absolute atomic E-state index is 0. The summed E-state index contributed by atoms with van der Waals surface area (Å²) >= 11 is 6.01. The lowest BCUT2D eigenvalue weighted by atomic mass is 10.2. The summed E-state index contributed by atoms with van der Waals surface area (Å²) in [7, 11) is 3.19. The average Bonchev–Trinajstić information content (AvgIpc) is 2.54. The summed E-state index contributed by atoms with van der Waals surface area (Å²) < 4.78 is 10.6. The Labute approximate surface area is 145 Å². The molecule has 0 bridgehead atoms. The first-order chi connectivity index (χ1) is 10.7. The normalized spacial score (nSPS) is 10.0. The predicted octanol–water partition coefficient (Wildman–Crippen LogP) is 4.47. The first-order valence-electron chi connectivity index (χ1n) is 6.60. The molecule has 0 fully saturated rings. The number of aromatic nitrogens is 2. The van der Waals surface area contributed by atoms with Crippen molar-refractivity contribution in [3.8, 4) is 11.5 Å². The van der Waals surface area contributed by atoms with Gasteiger partial charge in [0, 0.05) is 22.2 Å². The van der Waals surface area contributed by atoms with Crippen LogP contribution in [-0.4, -0.2) is 24.2 Å². The number of hydrogen-bond acceptors (Lipinski definition) is 5. The Balaban J connectivity index is 0.00000192. The van der Waals surface area contributed by atoms with Gasteiger partial charge in [0.25, 0.3) is 0 Å². The van der Waals surface area contributed by atoms with E-state index in [4.69, 9.17) is 21.1 Å². The van der Waals surface area contributed by atoms with E-state index in [1.54, 1.807) is 14.2 Å². The molecule has 1 heterocycles. The fourth-order valence-corrected chi connectivity index (χ4v) is 2.38. The van der Waals surface area contributed by atoms with Gasteiger partial charge in [0.15, 0.2) is 11.5 Å². The average molecular weight is 352 g/mol. The zero-order chi connectivity index (χ0) is 15.5.